The van der Waals surface area contributed by atoms with Gasteiger partial charge in [-0.1, -0.05) is 24.4 Å². The average Bonchev–Trinajstić information content (AvgIpc) is 3.21. The number of fused-ring (bicyclic) bond motifs is 1. The Hall–Kier alpha value is -2.34. The van der Waals surface area contributed by atoms with Gasteiger partial charge in [0.25, 0.3) is 0 Å². The summed E-state index contributed by atoms with van der Waals surface area (Å²) >= 11 is 5.96. The predicted octanol–water partition coefficient (Wildman–Crippen LogP) is 4.11. The topological polar surface area (TPSA) is 67.7 Å². The van der Waals surface area contributed by atoms with Crippen molar-refractivity contribution in [3.05, 3.63) is 35.5 Å². The predicted molar refractivity (Wildman–Crippen MR) is 96.9 cm³/mol. The molecule has 0 amide bonds. The standard InChI is InChI=1S/C17H19ClN6/c1-24-16-14(10-19-24)15(20-13-8-6-11(18)7-9-13)22-17(23-16)21-12-4-2-3-5-12/h6-10,12H,2-5H2,1H3,(H2,20,21,22,23). The molecule has 24 heavy (non-hydrogen) atoms. The Labute approximate surface area is 145 Å². The fourth-order valence-corrected chi connectivity index (χ4v) is 3.23. The van der Waals surface area contributed by atoms with Crippen molar-refractivity contribution in [2.45, 2.75) is 31.7 Å². The molecular formula is C17H19ClN6. The quantitative estimate of drug-likeness (QED) is 0.746. The third-order valence-corrected chi connectivity index (χ3v) is 4.64. The summed E-state index contributed by atoms with van der Waals surface area (Å²) in [6, 6.07) is 8.01. The third-order valence-electron chi connectivity index (χ3n) is 4.39. The summed E-state index contributed by atoms with van der Waals surface area (Å²) in [5, 5.41) is 12.7. The maximum Gasteiger partial charge on any atom is 0.226 e. The summed E-state index contributed by atoms with van der Waals surface area (Å²) in [5.41, 5.74) is 1.73. The molecule has 1 aromatic carbocycles. The molecule has 124 valence electrons. The molecule has 3 aromatic rings. The van der Waals surface area contributed by atoms with Crippen LogP contribution >= 0.6 is 11.6 Å². The summed E-state index contributed by atoms with van der Waals surface area (Å²) in [5.74, 6) is 1.39. The molecule has 1 saturated carbocycles. The van der Waals surface area contributed by atoms with Crippen LogP contribution in [0.5, 0.6) is 0 Å². The molecule has 0 aliphatic heterocycles. The van der Waals surface area contributed by atoms with Gasteiger partial charge >= 0.3 is 0 Å². The van der Waals surface area contributed by atoms with Gasteiger partial charge in [0.2, 0.25) is 5.95 Å². The highest BCUT2D eigenvalue weighted by atomic mass is 35.5. The number of halogens is 1. The van der Waals surface area contributed by atoms with Gasteiger partial charge in [-0.25, -0.2) is 0 Å². The fraction of sp³-hybridized carbons (Fsp3) is 0.353. The molecule has 1 aliphatic carbocycles. The average molecular weight is 343 g/mol. The summed E-state index contributed by atoms with van der Waals surface area (Å²) in [6.07, 6.45) is 6.66. The number of hydrogen-bond donors (Lipinski definition) is 2. The zero-order chi connectivity index (χ0) is 16.5. The second-order valence-electron chi connectivity index (χ2n) is 6.16. The van der Waals surface area contributed by atoms with Crippen molar-refractivity contribution in [3.8, 4) is 0 Å². The van der Waals surface area contributed by atoms with Crippen molar-refractivity contribution in [1.82, 2.24) is 19.7 Å². The molecule has 0 radical (unpaired) electrons. The van der Waals surface area contributed by atoms with Gasteiger partial charge in [-0.05, 0) is 37.1 Å². The molecule has 7 heteroatoms. The highest BCUT2D eigenvalue weighted by molar-refractivity contribution is 6.30. The number of anilines is 3. The Morgan fingerprint density at radius 3 is 2.62 bits per heavy atom. The van der Waals surface area contributed by atoms with Crippen molar-refractivity contribution < 1.29 is 0 Å². The van der Waals surface area contributed by atoms with Gasteiger partial charge in [-0.15, -0.1) is 0 Å². The van der Waals surface area contributed by atoms with Crippen molar-refractivity contribution in [2.75, 3.05) is 10.6 Å². The van der Waals surface area contributed by atoms with E-state index in [1.807, 2.05) is 31.3 Å². The van der Waals surface area contributed by atoms with E-state index in [2.05, 4.69) is 25.7 Å². The van der Waals surface area contributed by atoms with Crippen LogP contribution in [0.15, 0.2) is 30.5 Å². The molecule has 4 rings (SSSR count). The van der Waals surface area contributed by atoms with Crippen LogP contribution in [0.25, 0.3) is 11.0 Å². The van der Waals surface area contributed by atoms with Crippen LogP contribution in [0.4, 0.5) is 17.5 Å². The van der Waals surface area contributed by atoms with E-state index in [-0.39, 0.29) is 0 Å². The van der Waals surface area contributed by atoms with Crippen LogP contribution < -0.4 is 10.6 Å². The highest BCUT2D eigenvalue weighted by Gasteiger charge is 2.18. The molecule has 6 nitrogen and oxygen atoms in total. The second kappa shape index (κ2) is 6.28. The molecule has 0 atom stereocenters. The Kier molecular flexibility index (Phi) is 3.98. The summed E-state index contributed by atoms with van der Waals surface area (Å²) in [6.45, 7) is 0. The Balaban J connectivity index is 1.70. The summed E-state index contributed by atoms with van der Waals surface area (Å²) in [4.78, 5) is 9.31. The molecule has 2 heterocycles. The van der Waals surface area contributed by atoms with Gasteiger partial charge in [-0.2, -0.15) is 15.1 Å². The SMILES string of the molecule is Cn1ncc2c(Nc3ccc(Cl)cc3)nc(NC3CCCC3)nc21. The first kappa shape index (κ1) is 15.2. The van der Waals surface area contributed by atoms with Crippen molar-refractivity contribution >= 4 is 40.1 Å². The molecule has 2 N–H and O–H groups in total. The molecule has 0 spiro atoms. The lowest BCUT2D eigenvalue weighted by atomic mass is 10.2. The Morgan fingerprint density at radius 2 is 1.88 bits per heavy atom. The lowest BCUT2D eigenvalue weighted by Gasteiger charge is -2.14. The summed E-state index contributed by atoms with van der Waals surface area (Å²) < 4.78 is 1.77. The zero-order valence-electron chi connectivity index (χ0n) is 13.5. The molecule has 0 bridgehead atoms. The molecule has 1 fully saturated rings. The third kappa shape index (κ3) is 3.01. The van der Waals surface area contributed by atoms with E-state index in [0.717, 1.165) is 22.5 Å². The first-order chi connectivity index (χ1) is 11.7. The number of aromatic nitrogens is 4. The van der Waals surface area contributed by atoms with E-state index in [9.17, 15) is 0 Å². The molecule has 2 aromatic heterocycles. The Morgan fingerprint density at radius 1 is 1.12 bits per heavy atom. The summed E-state index contributed by atoms with van der Waals surface area (Å²) in [7, 11) is 1.89. The van der Waals surface area contributed by atoms with Crippen molar-refractivity contribution in [2.24, 2.45) is 7.05 Å². The Bertz CT molecular complexity index is 851. The van der Waals surface area contributed by atoms with Crippen LogP contribution in [0.3, 0.4) is 0 Å². The van der Waals surface area contributed by atoms with E-state index in [1.54, 1.807) is 10.9 Å². The van der Waals surface area contributed by atoms with Gasteiger partial charge in [0, 0.05) is 23.8 Å². The smallest absolute Gasteiger partial charge is 0.226 e. The molecule has 1 aliphatic rings. The molecule has 0 unspecified atom stereocenters. The number of hydrogen-bond acceptors (Lipinski definition) is 5. The number of nitrogens with one attached hydrogen (secondary N) is 2. The monoisotopic (exact) mass is 342 g/mol. The maximum atomic E-state index is 5.96. The molecular weight excluding hydrogens is 324 g/mol. The van der Waals surface area contributed by atoms with Crippen LogP contribution in [-0.2, 0) is 7.05 Å². The second-order valence-corrected chi connectivity index (χ2v) is 6.60. The van der Waals surface area contributed by atoms with Crippen molar-refractivity contribution in [1.29, 1.82) is 0 Å². The van der Waals surface area contributed by atoms with E-state index in [0.29, 0.717) is 17.0 Å². The number of rotatable bonds is 4. The van der Waals surface area contributed by atoms with Gasteiger partial charge in [-0.3, -0.25) is 4.68 Å². The number of benzene rings is 1. The van der Waals surface area contributed by atoms with E-state index < -0.39 is 0 Å². The lowest BCUT2D eigenvalue weighted by Crippen LogP contribution is -2.17. The number of aryl methyl sites for hydroxylation is 1. The van der Waals surface area contributed by atoms with E-state index in [1.165, 1.54) is 25.7 Å². The van der Waals surface area contributed by atoms with Crippen molar-refractivity contribution in [3.63, 3.8) is 0 Å². The number of nitrogens with zero attached hydrogens (tertiary/aromatic N) is 4. The largest absolute Gasteiger partial charge is 0.351 e. The van der Waals surface area contributed by atoms with E-state index >= 15 is 0 Å². The minimum Gasteiger partial charge on any atom is -0.351 e. The zero-order valence-corrected chi connectivity index (χ0v) is 14.2. The van der Waals surface area contributed by atoms with Crippen LogP contribution in [0.2, 0.25) is 5.02 Å². The van der Waals surface area contributed by atoms with Crippen LogP contribution in [0, 0.1) is 0 Å². The van der Waals surface area contributed by atoms with Gasteiger partial charge in [0.1, 0.15) is 5.82 Å². The molecule has 0 saturated heterocycles. The maximum absolute atomic E-state index is 5.96. The van der Waals surface area contributed by atoms with E-state index in [4.69, 9.17) is 11.6 Å². The first-order valence-electron chi connectivity index (χ1n) is 8.18. The highest BCUT2D eigenvalue weighted by Crippen LogP contribution is 2.27. The minimum atomic E-state index is 0.457. The lowest BCUT2D eigenvalue weighted by molar-refractivity contribution is 0.742. The van der Waals surface area contributed by atoms with Gasteiger partial charge in [0.05, 0.1) is 11.6 Å². The fourth-order valence-electron chi connectivity index (χ4n) is 3.10. The van der Waals surface area contributed by atoms with Crippen LogP contribution in [0.1, 0.15) is 25.7 Å². The van der Waals surface area contributed by atoms with Gasteiger partial charge in [0.15, 0.2) is 5.65 Å². The van der Waals surface area contributed by atoms with Gasteiger partial charge < -0.3 is 10.6 Å². The first-order valence-corrected chi connectivity index (χ1v) is 8.56. The normalized spacial score (nSPS) is 15.1. The van der Waals surface area contributed by atoms with Crippen LogP contribution in [-0.4, -0.2) is 25.8 Å². The minimum absolute atomic E-state index is 0.457.